The summed E-state index contributed by atoms with van der Waals surface area (Å²) in [7, 11) is 0. The van der Waals surface area contributed by atoms with Gasteiger partial charge in [0.15, 0.2) is 34.7 Å². The van der Waals surface area contributed by atoms with Crippen molar-refractivity contribution < 1.29 is 82.0 Å². The molecular weight excluding hydrogens is 1110 g/mol. The van der Waals surface area contributed by atoms with Crippen molar-refractivity contribution in [1.29, 1.82) is 0 Å². The van der Waals surface area contributed by atoms with Crippen LogP contribution >= 0.6 is 0 Å². The summed E-state index contributed by atoms with van der Waals surface area (Å²) in [5.41, 5.74) is -3.75. The molecule has 15 rings (SSSR count). The quantitative estimate of drug-likeness (QED) is 0.176. The molecular formula is C70H96O17. The maximum Gasteiger partial charge on any atom is 0.302 e. The molecule has 3 saturated heterocycles. The van der Waals surface area contributed by atoms with Gasteiger partial charge in [-0.15, -0.1) is 0 Å². The summed E-state index contributed by atoms with van der Waals surface area (Å²) in [5.74, 6) is -6.49. The Morgan fingerprint density at radius 2 is 0.966 bits per heavy atom. The number of fused-ring (bicyclic) bond motifs is 5. The molecule has 0 aromatic carbocycles. The van der Waals surface area contributed by atoms with Gasteiger partial charge in [-0.3, -0.25) is 33.6 Å². The highest BCUT2D eigenvalue weighted by Gasteiger charge is 2.86. The summed E-state index contributed by atoms with van der Waals surface area (Å²) in [5, 5.41) is 34.2. The molecule has 17 heteroatoms. The average Bonchev–Trinajstić information content (AvgIpc) is 1.56. The third-order valence-corrected chi connectivity index (χ3v) is 27.2. The monoisotopic (exact) mass is 1210 g/mol. The first kappa shape index (κ1) is 62.0. The van der Waals surface area contributed by atoms with Crippen molar-refractivity contribution >= 4 is 40.9 Å². The Hall–Kier alpha value is -3.81. The van der Waals surface area contributed by atoms with Crippen molar-refractivity contribution in [3.8, 4) is 0 Å². The van der Waals surface area contributed by atoms with Crippen LogP contribution in [-0.4, -0.2) is 130 Å². The van der Waals surface area contributed by atoms with Gasteiger partial charge in [-0.25, -0.2) is 0 Å². The zero-order valence-corrected chi connectivity index (χ0v) is 53.6. The number of aliphatic hydroxyl groups excluding tert-OH is 2. The van der Waals surface area contributed by atoms with E-state index in [0.29, 0.717) is 49.4 Å². The van der Waals surface area contributed by atoms with Crippen LogP contribution in [0.15, 0.2) is 36.5 Å². The number of ketones is 5. The molecule has 3 aliphatic heterocycles. The fourth-order valence-electron chi connectivity index (χ4n) is 24.5. The van der Waals surface area contributed by atoms with Gasteiger partial charge in [0.25, 0.3) is 0 Å². The zero-order chi connectivity index (χ0) is 63.1. The topological polar surface area (TPSA) is 245 Å². The molecule has 3 N–H and O–H groups in total. The van der Waals surface area contributed by atoms with Crippen molar-refractivity contribution in [2.24, 2.45) is 102 Å². The molecule has 12 aliphatic carbocycles. The molecule has 15 fully saturated rings. The van der Waals surface area contributed by atoms with Gasteiger partial charge in [0, 0.05) is 84.9 Å². The Labute approximate surface area is 512 Å². The second kappa shape index (κ2) is 19.2. The maximum atomic E-state index is 13.9. The van der Waals surface area contributed by atoms with E-state index in [1.165, 1.54) is 13.8 Å². The van der Waals surface area contributed by atoms with Crippen LogP contribution in [0.4, 0.5) is 0 Å². The normalized spacial score (nSPS) is 50.3. The van der Waals surface area contributed by atoms with E-state index in [4.69, 9.17) is 33.2 Å². The van der Waals surface area contributed by atoms with E-state index in [2.05, 4.69) is 61.3 Å². The predicted octanol–water partition coefficient (Wildman–Crippen LogP) is 8.64. The van der Waals surface area contributed by atoms with Crippen molar-refractivity contribution in [3.05, 3.63) is 36.5 Å². The first-order valence-corrected chi connectivity index (χ1v) is 32.8. The Morgan fingerprint density at radius 3 is 1.52 bits per heavy atom. The molecule has 17 nitrogen and oxygen atoms in total. The number of esters is 2. The van der Waals surface area contributed by atoms with Crippen LogP contribution in [0.5, 0.6) is 0 Å². The van der Waals surface area contributed by atoms with Crippen molar-refractivity contribution in [2.75, 3.05) is 19.8 Å². The van der Waals surface area contributed by atoms with Crippen LogP contribution in [0.2, 0.25) is 0 Å². The highest BCUT2D eigenvalue weighted by atomic mass is 16.7. The molecule has 4 spiro atoms. The van der Waals surface area contributed by atoms with E-state index in [1.54, 1.807) is 0 Å². The predicted molar refractivity (Wildman–Crippen MR) is 313 cm³/mol. The van der Waals surface area contributed by atoms with Gasteiger partial charge in [0.05, 0.1) is 72.7 Å². The number of carbonyl (C=O) groups excluding carboxylic acids is 7. The second-order valence-corrected chi connectivity index (χ2v) is 33.4. The van der Waals surface area contributed by atoms with E-state index in [0.717, 1.165) is 57.8 Å². The van der Waals surface area contributed by atoms with Gasteiger partial charge in [-0.2, -0.15) is 0 Å². The van der Waals surface area contributed by atoms with Gasteiger partial charge in [0.1, 0.15) is 11.6 Å². The van der Waals surface area contributed by atoms with Crippen molar-refractivity contribution in [3.63, 3.8) is 0 Å². The van der Waals surface area contributed by atoms with Gasteiger partial charge in [-0.05, 0) is 136 Å². The molecule has 0 aromatic rings. The van der Waals surface area contributed by atoms with Crippen LogP contribution in [0.3, 0.4) is 0 Å². The smallest absolute Gasteiger partial charge is 0.302 e. The number of carbonyl (C=O) groups is 7. The standard InChI is InChI=1S/C25H34O6.C23H32O5.C22H30O6/c1-13-15-10-16(27)19-24(12-29-14(2)26)9-7-8-22(3,4)17(24)11-18-25(19,20(13)28)21(15)31-23(5,6)30-18;1-12-13-10-22(25)18-21(11-26-22)8-6-7-19(2,3)14(21)9-15-23(18,16(12)24)17(13)28-20(4,5)27-15;1-11-13-8-14(24)17-21(10-28-12(2)23)7-5-6-20(3,4)15(21)9-16(25)22(17,18(11)26)19(13)27/h15,17-19,21H,1,7-12H2,2-6H3;13-15,17-18,25H,1,6-11H2,2-5H3;13,15-17,19,25,27H,1,5-10H2,2-4H3/t15-,17+,18+,19-,21+,24-,25+;13-,14+,15+,17+,18+,21-,22+,23+;13-,15+,16+,17-,19+,21-,22+/m000/s1. The van der Waals surface area contributed by atoms with Crippen LogP contribution in [0.25, 0.3) is 0 Å². The zero-order valence-electron chi connectivity index (χ0n) is 53.6. The Morgan fingerprint density at radius 1 is 0.540 bits per heavy atom. The number of Topliss-reactive ketones (excluding diaryl/α,β-unsaturated/α-hetero) is 5. The number of hydrogen-bond acceptors (Lipinski definition) is 17. The molecule has 6 bridgehead atoms. The number of aliphatic hydroxyl groups is 3. The highest BCUT2D eigenvalue weighted by Crippen LogP contribution is 2.79. The molecule has 15 aliphatic rings. The summed E-state index contributed by atoms with van der Waals surface area (Å²) in [6, 6.07) is 0. The third-order valence-electron chi connectivity index (χ3n) is 27.2. The summed E-state index contributed by atoms with van der Waals surface area (Å²) >= 11 is 0. The van der Waals surface area contributed by atoms with Crippen LogP contribution in [0, 0.1) is 102 Å². The van der Waals surface area contributed by atoms with Gasteiger partial charge < -0.3 is 48.5 Å². The van der Waals surface area contributed by atoms with E-state index in [1.807, 2.05) is 27.7 Å². The Balaban J connectivity index is 0.000000121. The average molecular weight is 1210 g/mol. The van der Waals surface area contributed by atoms with Crippen LogP contribution in [-0.2, 0) is 66.7 Å². The molecule has 3 heterocycles. The fraction of sp³-hybridized carbons (Fsp3) is 0.814. The number of rotatable bonds is 4. The lowest BCUT2D eigenvalue weighted by Gasteiger charge is -2.68. The van der Waals surface area contributed by atoms with Gasteiger partial charge in [-0.1, -0.05) is 80.5 Å². The van der Waals surface area contributed by atoms with E-state index < -0.39 is 92.6 Å². The summed E-state index contributed by atoms with van der Waals surface area (Å²) in [4.78, 5) is 91.9. The lowest BCUT2D eigenvalue weighted by molar-refractivity contribution is -0.399. The van der Waals surface area contributed by atoms with E-state index in [-0.39, 0.29) is 130 Å². The summed E-state index contributed by atoms with van der Waals surface area (Å²) < 4.78 is 43.2. The minimum absolute atomic E-state index is 0.0401. The SMILES string of the molecule is C=C1C(=O)[C@@]23[C@@H]4OC(C)(C)O[C@@H]2C[C@@H]2C(C)(C)CCC[C@@]2(COC(C)=O)[C@@H]3C(=O)C[C@@H]14.C=C1C(=O)[C@@]23[C@@H]4OC(C)(C)O[C@@H]2C[C@@H]2C(C)(C)CCC[C@]25CO[C@](O)(C[C@@H]14)[C@@H]53.C=C1C(=O)[C@@]23[C@H](O)C[C@@H]4C(C)(C)CCC[C@@]4(COC(C)=O)[C@@H]2C(=O)C[C@@H]1[C@H]3O. The second-order valence-electron chi connectivity index (χ2n) is 33.4. The minimum Gasteiger partial charge on any atom is -0.465 e. The lowest BCUT2D eigenvalue weighted by Crippen LogP contribution is -2.75. The largest absolute Gasteiger partial charge is 0.465 e. The molecule has 12 saturated carbocycles. The van der Waals surface area contributed by atoms with E-state index in [9.17, 15) is 48.9 Å². The summed E-state index contributed by atoms with van der Waals surface area (Å²) in [6.45, 7) is 36.7. The molecule has 87 heavy (non-hydrogen) atoms. The summed E-state index contributed by atoms with van der Waals surface area (Å²) in [6.07, 6.45) is 7.37. The molecule has 0 aromatic heterocycles. The Kier molecular flexibility index (Phi) is 13.7. The lowest BCUT2D eigenvalue weighted by atomic mass is 9.39. The van der Waals surface area contributed by atoms with Gasteiger partial charge in [0.2, 0.25) is 0 Å². The first-order chi connectivity index (χ1) is 40.3. The molecule has 478 valence electrons. The first-order valence-electron chi connectivity index (χ1n) is 32.8. The van der Waals surface area contributed by atoms with Crippen LogP contribution in [0.1, 0.15) is 179 Å². The molecule has 0 amide bonds. The van der Waals surface area contributed by atoms with Gasteiger partial charge >= 0.3 is 11.9 Å². The highest BCUT2D eigenvalue weighted by molar-refractivity contribution is 6.11. The third kappa shape index (κ3) is 7.81. The van der Waals surface area contributed by atoms with E-state index >= 15 is 0 Å². The molecule has 22 atom stereocenters. The molecule has 0 unspecified atom stereocenters. The fourth-order valence-corrected chi connectivity index (χ4v) is 24.5. The number of hydrogen-bond donors (Lipinski definition) is 3. The Bertz CT molecular complexity index is 3100. The van der Waals surface area contributed by atoms with Crippen molar-refractivity contribution in [2.45, 2.75) is 233 Å². The van der Waals surface area contributed by atoms with Crippen molar-refractivity contribution in [1.82, 2.24) is 0 Å². The minimum atomic E-state index is -1.55. The molecule has 0 radical (unpaired) electrons. The van der Waals surface area contributed by atoms with Crippen LogP contribution < -0.4 is 0 Å². The number of ether oxygens (including phenoxy) is 7. The maximum absolute atomic E-state index is 13.9.